The number of nitrogens with zero attached hydrogens (tertiary/aromatic N) is 3. The summed E-state index contributed by atoms with van der Waals surface area (Å²) < 4.78 is 27.8. The fraction of sp³-hybridized carbons (Fsp3) is 0.412. The zero-order chi connectivity index (χ0) is 16.0. The molecule has 0 aliphatic carbocycles. The van der Waals surface area contributed by atoms with Crippen molar-refractivity contribution in [3.05, 3.63) is 59.2 Å². The molecule has 0 spiro atoms. The predicted octanol–water partition coefficient (Wildman–Crippen LogP) is 2.38. The largest absolute Gasteiger partial charge is 0.244 e. The summed E-state index contributed by atoms with van der Waals surface area (Å²) in [5.74, 6) is 0.0602. The average Bonchev–Trinajstić information content (AvgIpc) is 2.84. The number of fused-ring (bicyclic) bond motifs is 4. The number of rotatable bonds is 3. The maximum Gasteiger partial charge on any atom is 0.219 e. The molecule has 2 atom stereocenters. The summed E-state index contributed by atoms with van der Waals surface area (Å²) in [5.41, 5.74) is 3.92. The van der Waals surface area contributed by atoms with Crippen LogP contribution in [0, 0.1) is 6.92 Å². The zero-order valence-electron chi connectivity index (χ0n) is 13.0. The monoisotopic (exact) mass is 329 g/mol. The van der Waals surface area contributed by atoms with Crippen LogP contribution in [-0.2, 0) is 22.2 Å². The van der Waals surface area contributed by atoms with Gasteiger partial charge in [0.05, 0.1) is 17.5 Å². The SMILES string of the molecule is Cc1cccc(CS(=O)(=O)N2C3CCC2c2cncnc2C3)c1. The molecule has 23 heavy (non-hydrogen) atoms. The lowest BCUT2D eigenvalue weighted by Gasteiger charge is -2.34. The second-order valence-corrected chi connectivity index (χ2v) is 8.33. The van der Waals surface area contributed by atoms with Gasteiger partial charge in [0.15, 0.2) is 0 Å². The van der Waals surface area contributed by atoms with Gasteiger partial charge in [-0.1, -0.05) is 29.8 Å². The Labute approximate surface area is 136 Å². The molecule has 5 nitrogen and oxygen atoms in total. The summed E-state index contributed by atoms with van der Waals surface area (Å²) in [6.45, 7) is 1.98. The third-order valence-electron chi connectivity index (χ3n) is 4.81. The first-order chi connectivity index (χ1) is 11.0. The van der Waals surface area contributed by atoms with Crippen molar-refractivity contribution in [3.8, 4) is 0 Å². The van der Waals surface area contributed by atoms with Gasteiger partial charge < -0.3 is 0 Å². The molecule has 3 heterocycles. The predicted molar refractivity (Wildman–Crippen MR) is 87.1 cm³/mol. The van der Waals surface area contributed by atoms with Crippen LogP contribution in [0.3, 0.4) is 0 Å². The highest BCUT2D eigenvalue weighted by molar-refractivity contribution is 7.88. The van der Waals surface area contributed by atoms with Gasteiger partial charge in [-0.2, -0.15) is 4.31 Å². The molecular formula is C17H19N3O2S. The van der Waals surface area contributed by atoms with Gasteiger partial charge in [0.25, 0.3) is 0 Å². The van der Waals surface area contributed by atoms with E-state index < -0.39 is 10.0 Å². The van der Waals surface area contributed by atoms with Crippen molar-refractivity contribution in [3.63, 3.8) is 0 Å². The van der Waals surface area contributed by atoms with Crippen LogP contribution < -0.4 is 0 Å². The molecule has 1 aromatic carbocycles. The van der Waals surface area contributed by atoms with E-state index in [0.29, 0.717) is 6.42 Å². The summed E-state index contributed by atoms with van der Waals surface area (Å²) in [5, 5.41) is 0. The summed E-state index contributed by atoms with van der Waals surface area (Å²) >= 11 is 0. The van der Waals surface area contributed by atoms with E-state index >= 15 is 0 Å². The fourth-order valence-corrected chi connectivity index (χ4v) is 5.88. The van der Waals surface area contributed by atoms with Crippen LogP contribution in [-0.4, -0.2) is 28.7 Å². The average molecular weight is 329 g/mol. The second-order valence-electron chi connectivity index (χ2n) is 6.45. The Morgan fingerprint density at radius 2 is 2.17 bits per heavy atom. The van der Waals surface area contributed by atoms with Crippen LogP contribution in [0.5, 0.6) is 0 Å². The fourth-order valence-electron chi connectivity index (χ4n) is 3.89. The highest BCUT2D eigenvalue weighted by Gasteiger charge is 2.46. The van der Waals surface area contributed by atoms with E-state index in [-0.39, 0.29) is 17.8 Å². The first kappa shape index (κ1) is 14.8. The van der Waals surface area contributed by atoms with E-state index in [2.05, 4.69) is 9.97 Å². The lowest BCUT2D eigenvalue weighted by molar-refractivity contribution is 0.300. The Hall–Kier alpha value is -1.79. The van der Waals surface area contributed by atoms with Crippen molar-refractivity contribution in [2.24, 2.45) is 0 Å². The molecule has 0 saturated carbocycles. The Morgan fingerprint density at radius 3 is 3.00 bits per heavy atom. The van der Waals surface area contributed by atoms with Crippen LogP contribution >= 0.6 is 0 Å². The van der Waals surface area contributed by atoms with Crippen LogP contribution in [0.1, 0.15) is 41.3 Å². The molecule has 120 valence electrons. The van der Waals surface area contributed by atoms with E-state index in [1.165, 1.54) is 0 Å². The highest BCUT2D eigenvalue weighted by Crippen LogP contribution is 2.44. The lowest BCUT2D eigenvalue weighted by Crippen LogP contribution is -2.42. The van der Waals surface area contributed by atoms with Gasteiger partial charge in [0, 0.05) is 24.2 Å². The number of aryl methyl sites for hydroxylation is 1. The number of sulfonamides is 1. The maximum absolute atomic E-state index is 13.0. The summed E-state index contributed by atoms with van der Waals surface area (Å²) in [6.07, 6.45) is 5.78. The van der Waals surface area contributed by atoms with Gasteiger partial charge in [0.2, 0.25) is 10.0 Å². The van der Waals surface area contributed by atoms with Gasteiger partial charge in [-0.3, -0.25) is 0 Å². The minimum absolute atomic E-state index is 0.0391. The first-order valence-electron chi connectivity index (χ1n) is 7.90. The molecule has 2 aliphatic rings. The maximum atomic E-state index is 13.0. The molecule has 6 heteroatoms. The van der Waals surface area contributed by atoms with E-state index in [1.54, 1.807) is 16.8 Å². The summed E-state index contributed by atoms with van der Waals surface area (Å²) in [4.78, 5) is 8.43. The van der Waals surface area contributed by atoms with Crippen LogP contribution in [0.2, 0.25) is 0 Å². The molecule has 2 bridgehead atoms. The van der Waals surface area contributed by atoms with Crippen LogP contribution in [0.4, 0.5) is 0 Å². The Bertz CT molecular complexity index is 850. The highest BCUT2D eigenvalue weighted by atomic mass is 32.2. The molecule has 2 aliphatic heterocycles. The normalized spacial score (nSPS) is 23.7. The number of aromatic nitrogens is 2. The zero-order valence-corrected chi connectivity index (χ0v) is 13.8. The third kappa shape index (κ3) is 2.56. The van der Waals surface area contributed by atoms with Crippen molar-refractivity contribution >= 4 is 10.0 Å². The quantitative estimate of drug-likeness (QED) is 0.867. The first-order valence-corrected chi connectivity index (χ1v) is 9.51. The number of hydrogen-bond donors (Lipinski definition) is 0. The standard InChI is InChI=1S/C17H19N3O2S/c1-12-3-2-4-13(7-12)10-23(21,22)20-14-5-6-17(20)15-9-18-11-19-16(15)8-14/h2-4,7,9,11,14,17H,5-6,8,10H2,1H3. The minimum atomic E-state index is -3.35. The van der Waals surface area contributed by atoms with Crippen molar-refractivity contribution in [2.75, 3.05) is 0 Å². The van der Waals surface area contributed by atoms with Gasteiger partial charge in [-0.25, -0.2) is 18.4 Å². The third-order valence-corrected chi connectivity index (χ3v) is 6.70. The Morgan fingerprint density at radius 1 is 1.30 bits per heavy atom. The summed E-state index contributed by atoms with van der Waals surface area (Å²) in [7, 11) is -3.35. The molecule has 0 N–H and O–H groups in total. The Balaban J connectivity index is 1.68. The topological polar surface area (TPSA) is 63.2 Å². The van der Waals surface area contributed by atoms with E-state index in [1.807, 2.05) is 31.2 Å². The molecule has 2 unspecified atom stereocenters. The molecule has 1 saturated heterocycles. The molecule has 0 amide bonds. The second kappa shape index (κ2) is 5.39. The molecule has 2 aromatic rings. The lowest BCUT2D eigenvalue weighted by atomic mass is 10.0. The minimum Gasteiger partial charge on any atom is -0.244 e. The number of hydrogen-bond acceptors (Lipinski definition) is 4. The van der Waals surface area contributed by atoms with Crippen molar-refractivity contribution < 1.29 is 8.42 Å². The van der Waals surface area contributed by atoms with Gasteiger partial charge in [-0.05, 0) is 25.3 Å². The van der Waals surface area contributed by atoms with Gasteiger partial charge in [0.1, 0.15) is 6.33 Å². The van der Waals surface area contributed by atoms with E-state index in [9.17, 15) is 8.42 Å². The smallest absolute Gasteiger partial charge is 0.219 e. The summed E-state index contributed by atoms with van der Waals surface area (Å²) in [6, 6.07) is 7.66. The molecular weight excluding hydrogens is 310 g/mol. The van der Waals surface area contributed by atoms with Gasteiger partial charge in [-0.15, -0.1) is 0 Å². The van der Waals surface area contributed by atoms with E-state index in [0.717, 1.165) is 35.2 Å². The van der Waals surface area contributed by atoms with Crippen molar-refractivity contribution in [2.45, 2.75) is 44.0 Å². The molecule has 4 rings (SSSR count). The van der Waals surface area contributed by atoms with E-state index in [4.69, 9.17) is 0 Å². The van der Waals surface area contributed by atoms with Crippen molar-refractivity contribution in [1.29, 1.82) is 0 Å². The van der Waals surface area contributed by atoms with Crippen LogP contribution in [0.25, 0.3) is 0 Å². The molecule has 1 fully saturated rings. The van der Waals surface area contributed by atoms with Crippen LogP contribution in [0.15, 0.2) is 36.8 Å². The molecule has 0 radical (unpaired) electrons. The Kier molecular flexibility index (Phi) is 3.46. The molecule has 1 aromatic heterocycles. The number of benzene rings is 1. The van der Waals surface area contributed by atoms with Gasteiger partial charge >= 0.3 is 0 Å². The van der Waals surface area contributed by atoms with Crippen molar-refractivity contribution in [1.82, 2.24) is 14.3 Å².